The number of halogens is 1. The van der Waals surface area contributed by atoms with E-state index in [1.807, 2.05) is 24.3 Å². The zero-order valence-corrected chi connectivity index (χ0v) is 12.7. The van der Waals surface area contributed by atoms with Crippen LogP contribution in [-0.4, -0.2) is 9.36 Å². The van der Waals surface area contributed by atoms with Crippen molar-refractivity contribution in [3.63, 3.8) is 0 Å². The SMILES string of the molecule is Nc1nsc(NCc2ccc(Cl)s2)c1-c1cccnc1. The Bertz CT molecular complexity index is 708. The maximum absolute atomic E-state index is 5.96. The number of pyridine rings is 1. The molecule has 0 aromatic carbocycles. The molecule has 0 unspecified atom stereocenters. The third-order valence-corrected chi connectivity index (χ3v) is 4.77. The van der Waals surface area contributed by atoms with E-state index < -0.39 is 0 Å². The van der Waals surface area contributed by atoms with Gasteiger partial charge in [0.1, 0.15) is 10.8 Å². The molecule has 3 aromatic heterocycles. The van der Waals surface area contributed by atoms with Crippen LogP contribution in [0.2, 0.25) is 4.34 Å². The number of anilines is 2. The Balaban J connectivity index is 1.84. The summed E-state index contributed by atoms with van der Waals surface area (Å²) in [6, 6.07) is 7.76. The van der Waals surface area contributed by atoms with Crippen LogP contribution in [0.3, 0.4) is 0 Å². The summed E-state index contributed by atoms with van der Waals surface area (Å²) >= 11 is 8.84. The van der Waals surface area contributed by atoms with Gasteiger partial charge in [-0.25, -0.2) is 0 Å². The van der Waals surface area contributed by atoms with Crippen LogP contribution in [0, 0.1) is 0 Å². The van der Waals surface area contributed by atoms with Crippen LogP contribution in [0.15, 0.2) is 36.7 Å². The molecule has 0 spiro atoms. The lowest BCUT2D eigenvalue weighted by Crippen LogP contribution is -1.97. The molecule has 0 aliphatic carbocycles. The van der Waals surface area contributed by atoms with E-state index in [0.29, 0.717) is 12.4 Å². The summed E-state index contributed by atoms with van der Waals surface area (Å²) in [6.07, 6.45) is 3.52. The molecule has 0 saturated heterocycles. The van der Waals surface area contributed by atoms with Crippen molar-refractivity contribution in [2.75, 3.05) is 11.1 Å². The number of rotatable bonds is 4. The zero-order valence-electron chi connectivity index (χ0n) is 10.3. The summed E-state index contributed by atoms with van der Waals surface area (Å²) in [6.45, 7) is 0.701. The number of nitrogens with one attached hydrogen (secondary N) is 1. The van der Waals surface area contributed by atoms with Gasteiger partial charge < -0.3 is 11.1 Å². The lowest BCUT2D eigenvalue weighted by atomic mass is 10.1. The van der Waals surface area contributed by atoms with Gasteiger partial charge in [-0.05, 0) is 29.7 Å². The second-order valence-electron chi connectivity index (χ2n) is 4.07. The molecule has 0 amide bonds. The monoisotopic (exact) mass is 322 g/mol. The first-order valence-electron chi connectivity index (χ1n) is 5.87. The van der Waals surface area contributed by atoms with E-state index in [4.69, 9.17) is 17.3 Å². The smallest absolute Gasteiger partial charge is 0.147 e. The van der Waals surface area contributed by atoms with Crippen molar-refractivity contribution < 1.29 is 0 Å². The Hall–Kier alpha value is -1.63. The Kier molecular flexibility index (Phi) is 3.86. The first-order chi connectivity index (χ1) is 9.74. The van der Waals surface area contributed by atoms with Crippen LogP contribution in [-0.2, 0) is 6.54 Å². The molecule has 0 atom stereocenters. The summed E-state index contributed by atoms with van der Waals surface area (Å²) in [4.78, 5) is 5.29. The lowest BCUT2D eigenvalue weighted by molar-refractivity contribution is 1.21. The molecule has 3 N–H and O–H groups in total. The second-order valence-corrected chi connectivity index (χ2v) is 6.65. The first kappa shape index (κ1) is 13.4. The predicted octanol–water partition coefficient (Wildman–Crippen LogP) is 4.11. The van der Waals surface area contributed by atoms with Crippen molar-refractivity contribution in [3.8, 4) is 11.1 Å². The minimum atomic E-state index is 0.523. The third-order valence-electron chi connectivity index (χ3n) is 2.72. The van der Waals surface area contributed by atoms with Crippen molar-refractivity contribution in [1.29, 1.82) is 0 Å². The molecule has 20 heavy (non-hydrogen) atoms. The van der Waals surface area contributed by atoms with Gasteiger partial charge >= 0.3 is 0 Å². The molecule has 3 aromatic rings. The van der Waals surface area contributed by atoms with Crippen molar-refractivity contribution in [2.24, 2.45) is 0 Å². The quantitative estimate of drug-likeness (QED) is 0.758. The zero-order chi connectivity index (χ0) is 13.9. The molecule has 7 heteroatoms. The normalized spacial score (nSPS) is 10.7. The number of nitrogen functional groups attached to an aromatic ring is 1. The number of hydrogen-bond donors (Lipinski definition) is 2. The lowest BCUT2D eigenvalue weighted by Gasteiger charge is -2.05. The van der Waals surface area contributed by atoms with Gasteiger partial charge in [0.25, 0.3) is 0 Å². The molecule has 4 nitrogen and oxygen atoms in total. The Morgan fingerprint density at radius 3 is 2.90 bits per heavy atom. The molecule has 0 radical (unpaired) electrons. The van der Waals surface area contributed by atoms with Crippen molar-refractivity contribution in [1.82, 2.24) is 9.36 Å². The van der Waals surface area contributed by atoms with Crippen molar-refractivity contribution >= 4 is 45.3 Å². The van der Waals surface area contributed by atoms with E-state index in [1.165, 1.54) is 16.4 Å². The highest BCUT2D eigenvalue weighted by Gasteiger charge is 2.13. The molecule has 102 valence electrons. The Morgan fingerprint density at radius 2 is 2.20 bits per heavy atom. The number of aromatic nitrogens is 2. The van der Waals surface area contributed by atoms with Crippen LogP contribution in [0.5, 0.6) is 0 Å². The fraction of sp³-hybridized carbons (Fsp3) is 0.0769. The summed E-state index contributed by atoms with van der Waals surface area (Å²) in [5.41, 5.74) is 7.83. The Labute approximate surface area is 129 Å². The van der Waals surface area contributed by atoms with Gasteiger partial charge in [-0.15, -0.1) is 11.3 Å². The van der Waals surface area contributed by atoms with Crippen LogP contribution in [0.4, 0.5) is 10.8 Å². The fourth-order valence-corrected chi connectivity index (χ4v) is 3.59. The summed E-state index contributed by atoms with van der Waals surface area (Å²) < 4.78 is 5.01. The molecular formula is C13H11ClN4S2. The van der Waals surface area contributed by atoms with E-state index in [9.17, 15) is 0 Å². The highest BCUT2D eigenvalue weighted by molar-refractivity contribution is 7.16. The topological polar surface area (TPSA) is 63.8 Å². The van der Waals surface area contributed by atoms with Gasteiger partial charge in [0.2, 0.25) is 0 Å². The summed E-state index contributed by atoms with van der Waals surface area (Å²) in [5.74, 6) is 0.523. The highest BCUT2D eigenvalue weighted by Crippen LogP contribution is 2.36. The number of nitrogens with zero attached hydrogens (tertiary/aromatic N) is 2. The van der Waals surface area contributed by atoms with Crippen molar-refractivity contribution in [3.05, 3.63) is 45.9 Å². The molecule has 0 saturated carbocycles. The maximum Gasteiger partial charge on any atom is 0.147 e. The van der Waals surface area contributed by atoms with E-state index in [2.05, 4.69) is 14.7 Å². The summed E-state index contributed by atoms with van der Waals surface area (Å²) in [5, 5.41) is 4.31. The minimum absolute atomic E-state index is 0.523. The third kappa shape index (κ3) is 2.77. The molecule has 0 aliphatic heterocycles. The van der Waals surface area contributed by atoms with Crippen LogP contribution >= 0.6 is 34.5 Å². The van der Waals surface area contributed by atoms with Gasteiger partial charge in [0.05, 0.1) is 16.4 Å². The van der Waals surface area contributed by atoms with Crippen LogP contribution in [0.25, 0.3) is 11.1 Å². The molecule has 3 rings (SSSR count). The molecule has 3 heterocycles. The standard InChI is InChI=1S/C13H11ClN4S2/c14-10-4-3-9(19-10)7-17-13-11(12(15)18-20-13)8-2-1-5-16-6-8/h1-6,17H,7H2,(H2,15,18). The van der Waals surface area contributed by atoms with Gasteiger partial charge in [0, 0.05) is 22.8 Å². The van der Waals surface area contributed by atoms with Gasteiger partial charge in [0.15, 0.2) is 0 Å². The Morgan fingerprint density at radius 1 is 1.30 bits per heavy atom. The summed E-state index contributed by atoms with van der Waals surface area (Å²) in [7, 11) is 0. The van der Waals surface area contributed by atoms with E-state index >= 15 is 0 Å². The number of thiophene rings is 1. The average molecular weight is 323 g/mol. The van der Waals surface area contributed by atoms with Crippen LogP contribution < -0.4 is 11.1 Å². The van der Waals surface area contributed by atoms with Crippen molar-refractivity contribution in [2.45, 2.75) is 6.54 Å². The van der Waals surface area contributed by atoms with Gasteiger partial charge in [-0.3, -0.25) is 4.98 Å². The predicted molar refractivity (Wildman–Crippen MR) is 86.4 cm³/mol. The molecule has 0 bridgehead atoms. The first-order valence-corrected chi connectivity index (χ1v) is 7.84. The largest absolute Gasteiger partial charge is 0.382 e. The van der Waals surface area contributed by atoms with Gasteiger partial charge in [-0.1, -0.05) is 17.7 Å². The van der Waals surface area contributed by atoms with E-state index in [1.54, 1.807) is 23.7 Å². The molecule has 0 fully saturated rings. The average Bonchev–Trinajstić information content (AvgIpc) is 3.03. The molecule has 0 aliphatic rings. The highest BCUT2D eigenvalue weighted by atomic mass is 35.5. The van der Waals surface area contributed by atoms with Crippen LogP contribution in [0.1, 0.15) is 4.88 Å². The minimum Gasteiger partial charge on any atom is -0.382 e. The maximum atomic E-state index is 5.96. The van der Waals surface area contributed by atoms with Gasteiger partial charge in [-0.2, -0.15) is 4.37 Å². The fourth-order valence-electron chi connectivity index (χ4n) is 1.83. The second kappa shape index (κ2) is 5.78. The number of hydrogen-bond acceptors (Lipinski definition) is 6. The number of nitrogens with two attached hydrogens (primary N) is 1. The van der Waals surface area contributed by atoms with E-state index in [0.717, 1.165) is 20.5 Å². The molecular weight excluding hydrogens is 312 g/mol. The van der Waals surface area contributed by atoms with E-state index in [-0.39, 0.29) is 0 Å².